The Morgan fingerprint density at radius 1 is 1.32 bits per heavy atom. The van der Waals surface area contributed by atoms with E-state index in [2.05, 4.69) is 15.5 Å². The van der Waals surface area contributed by atoms with Crippen molar-refractivity contribution in [2.45, 2.75) is 25.7 Å². The van der Waals surface area contributed by atoms with Gasteiger partial charge in [-0.05, 0) is 49.4 Å². The van der Waals surface area contributed by atoms with Crippen molar-refractivity contribution in [3.05, 3.63) is 47.2 Å². The molecule has 1 N–H and O–H groups in total. The molecule has 1 aliphatic heterocycles. The molecule has 148 valence electrons. The van der Waals surface area contributed by atoms with E-state index in [0.29, 0.717) is 40.9 Å². The number of carbonyl (C=O) groups excluding carboxylic acids is 2. The SMILES string of the molecule is COc1ccc(NC(=O)CC[C@@H]2CCCN(C(=O)c3ccnnc3)C2)cc1Cl. The van der Waals surface area contributed by atoms with Gasteiger partial charge < -0.3 is 15.0 Å². The van der Waals surface area contributed by atoms with Crippen LogP contribution in [-0.2, 0) is 4.79 Å². The second-order valence-electron chi connectivity index (χ2n) is 6.83. The van der Waals surface area contributed by atoms with Gasteiger partial charge >= 0.3 is 0 Å². The van der Waals surface area contributed by atoms with E-state index < -0.39 is 0 Å². The summed E-state index contributed by atoms with van der Waals surface area (Å²) in [7, 11) is 1.54. The number of ether oxygens (including phenoxy) is 1. The van der Waals surface area contributed by atoms with Gasteiger partial charge in [-0.2, -0.15) is 10.2 Å². The molecule has 8 heteroatoms. The molecule has 0 unspecified atom stereocenters. The minimum absolute atomic E-state index is 0.0306. The number of aromatic nitrogens is 2. The number of nitrogens with one attached hydrogen (secondary N) is 1. The van der Waals surface area contributed by atoms with Crippen LogP contribution in [0.4, 0.5) is 5.69 Å². The summed E-state index contributed by atoms with van der Waals surface area (Å²) in [5.74, 6) is 0.772. The van der Waals surface area contributed by atoms with Gasteiger partial charge in [-0.25, -0.2) is 0 Å². The minimum Gasteiger partial charge on any atom is -0.495 e. The zero-order valence-electron chi connectivity index (χ0n) is 15.7. The quantitative estimate of drug-likeness (QED) is 0.800. The maximum Gasteiger partial charge on any atom is 0.255 e. The van der Waals surface area contributed by atoms with E-state index in [1.807, 2.05) is 4.90 Å². The molecular weight excluding hydrogens is 380 g/mol. The van der Waals surface area contributed by atoms with Crippen molar-refractivity contribution in [2.24, 2.45) is 5.92 Å². The van der Waals surface area contributed by atoms with Crippen LogP contribution in [-0.4, -0.2) is 47.1 Å². The van der Waals surface area contributed by atoms with E-state index in [9.17, 15) is 9.59 Å². The van der Waals surface area contributed by atoms with Crippen LogP contribution in [0.2, 0.25) is 5.02 Å². The molecule has 1 aromatic heterocycles. The third-order valence-corrected chi connectivity index (χ3v) is 5.15. The van der Waals surface area contributed by atoms with Crippen molar-refractivity contribution in [1.29, 1.82) is 0 Å². The summed E-state index contributed by atoms with van der Waals surface area (Å²) in [4.78, 5) is 26.7. The normalized spacial score (nSPS) is 16.5. The number of benzene rings is 1. The maximum atomic E-state index is 12.6. The van der Waals surface area contributed by atoms with Crippen molar-refractivity contribution < 1.29 is 14.3 Å². The number of anilines is 1. The third-order valence-electron chi connectivity index (χ3n) is 4.85. The molecule has 0 bridgehead atoms. The summed E-state index contributed by atoms with van der Waals surface area (Å²) < 4.78 is 5.11. The minimum atomic E-state index is -0.0667. The first-order valence-electron chi connectivity index (χ1n) is 9.26. The first-order chi connectivity index (χ1) is 13.6. The topological polar surface area (TPSA) is 84.4 Å². The van der Waals surface area contributed by atoms with Crippen molar-refractivity contribution in [3.63, 3.8) is 0 Å². The summed E-state index contributed by atoms with van der Waals surface area (Å²) >= 11 is 6.09. The Morgan fingerprint density at radius 3 is 2.89 bits per heavy atom. The number of hydrogen-bond acceptors (Lipinski definition) is 5. The second-order valence-corrected chi connectivity index (χ2v) is 7.23. The summed E-state index contributed by atoms with van der Waals surface area (Å²) in [6.45, 7) is 1.39. The molecule has 3 rings (SSSR count). The Balaban J connectivity index is 1.49. The number of halogens is 1. The Bertz CT molecular complexity index is 831. The number of carbonyl (C=O) groups is 2. The van der Waals surface area contributed by atoms with E-state index in [1.165, 1.54) is 12.4 Å². The number of hydrogen-bond donors (Lipinski definition) is 1. The lowest BCUT2D eigenvalue weighted by atomic mass is 9.93. The predicted molar refractivity (Wildman–Crippen MR) is 107 cm³/mol. The zero-order chi connectivity index (χ0) is 19.9. The number of piperidine rings is 1. The van der Waals surface area contributed by atoms with Crippen LogP contribution in [0.25, 0.3) is 0 Å². The summed E-state index contributed by atoms with van der Waals surface area (Å²) in [6, 6.07) is 6.82. The highest BCUT2D eigenvalue weighted by Crippen LogP contribution is 2.27. The van der Waals surface area contributed by atoms with Crippen molar-refractivity contribution in [2.75, 3.05) is 25.5 Å². The average Bonchev–Trinajstić information content (AvgIpc) is 2.73. The molecule has 28 heavy (non-hydrogen) atoms. The van der Waals surface area contributed by atoms with Gasteiger partial charge in [0.15, 0.2) is 0 Å². The van der Waals surface area contributed by atoms with Gasteiger partial charge in [0, 0.05) is 25.2 Å². The van der Waals surface area contributed by atoms with Gasteiger partial charge in [0.25, 0.3) is 5.91 Å². The van der Waals surface area contributed by atoms with Crippen LogP contribution >= 0.6 is 11.6 Å². The first kappa shape index (κ1) is 20.1. The Hall–Kier alpha value is -2.67. The Morgan fingerprint density at radius 2 is 2.18 bits per heavy atom. The van der Waals surface area contributed by atoms with Crippen LogP contribution in [0.15, 0.2) is 36.7 Å². The van der Waals surface area contributed by atoms with Gasteiger partial charge in [0.05, 0.1) is 30.1 Å². The summed E-state index contributed by atoms with van der Waals surface area (Å²) in [5.41, 5.74) is 1.19. The fraction of sp³-hybridized carbons (Fsp3) is 0.400. The lowest BCUT2D eigenvalue weighted by molar-refractivity contribution is -0.116. The molecule has 7 nitrogen and oxygen atoms in total. The fourth-order valence-electron chi connectivity index (χ4n) is 3.39. The van der Waals surface area contributed by atoms with Crippen molar-refractivity contribution in [3.8, 4) is 5.75 Å². The highest BCUT2D eigenvalue weighted by Gasteiger charge is 2.25. The van der Waals surface area contributed by atoms with Crippen molar-refractivity contribution in [1.82, 2.24) is 15.1 Å². The van der Waals surface area contributed by atoms with E-state index in [-0.39, 0.29) is 11.8 Å². The molecule has 1 atom stereocenters. The smallest absolute Gasteiger partial charge is 0.255 e. The molecule has 2 amide bonds. The van der Waals surface area contributed by atoms with E-state index in [4.69, 9.17) is 16.3 Å². The fourth-order valence-corrected chi connectivity index (χ4v) is 3.65. The summed E-state index contributed by atoms with van der Waals surface area (Å²) in [5, 5.41) is 10.8. The molecule has 0 radical (unpaired) electrons. The maximum absolute atomic E-state index is 12.6. The Labute approximate surface area is 169 Å². The van der Waals surface area contributed by atoms with E-state index in [0.717, 1.165) is 25.8 Å². The monoisotopic (exact) mass is 402 g/mol. The van der Waals surface area contributed by atoms with E-state index >= 15 is 0 Å². The van der Waals surface area contributed by atoms with Gasteiger partial charge in [-0.3, -0.25) is 9.59 Å². The third kappa shape index (κ3) is 5.19. The van der Waals surface area contributed by atoms with Crippen LogP contribution in [0.5, 0.6) is 5.75 Å². The van der Waals surface area contributed by atoms with Gasteiger partial charge in [-0.15, -0.1) is 0 Å². The molecule has 2 heterocycles. The number of rotatable bonds is 6. The highest BCUT2D eigenvalue weighted by molar-refractivity contribution is 6.32. The number of methoxy groups -OCH3 is 1. The predicted octanol–water partition coefficient (Wildman–Crippen LogP) is 3.41. The summed E-state index contributed by atoms with van der Waals surface area (Å²) in [6.07, 6.45) is 6.08. The van der Waals surface area contributed by atoms with Gasteiger partial charge in [0.2, 0.25) is 5.91 Å². The van der Waals surface area contributed by atoms with Gasteiger partial charge in [0.1, 0.15) is 5.75 Å². The number of amides is 2. The molecule has 1 aliphatic rings. The lowest BCUT2D eigenvalue weighted by Gasteiger charge is -2.32. The highest BCUT2D eigenvalue weighted by atomic mass is 35.5. The molecule has 0 saturated carbocycles. The molecule has 0 spiro atoms. The lowest BCUT2D eigenvalue weighted by Crippen LogP contribution is -2.40. The largest absolute Gasteiger partial charge is 0.495 e. The van der Waals surface area contributed by atoms with Crippen LogP contribution in [0.3, 0.4) is 0 Å². The zero-order valence-corrected chi connectivity index (χ0v) is 16.5. The van der Waals surface area contributed by atoms with Crippen molar-refractivity contribution >= 4 is 29.1 Å². The molecule has 1 aromatic carbocycles. The second kappa shape index (κ2) is 9.50. The first-order valence-corrected chi connectivity index (χ1v) is 9.64. The van der Waals surface area contributed by atoms with Gasteiger partial charge in [-0.1, -0.05) is 11.6 Å². The molecule has 1 fully saturated rings. The molecule has 1 saturated heterocycles. The number of likely N-dealkylation sites (tertiary alicyclic amines) is 1. The number of nitrogens with zero attached hydrogens (tertiary/aromatic N) is 3. The van der Waals surface area contributed by atoms with Crippen LogP contribution in [0, 0.1) is 5.92 Å². The average molecular weight is 403 g/mol. The molecule has 2 aromatic rings. The van der Waals surface area contributed by atoms with Crippen LogP contribution < -0.4 is 10.1 Å². The van der Waals surface area contributed by atoms with Crippen LogP contribution in [0.1, 0.15) is 36.0 Å². The Kier molecular flexibility index (Phi) is 6.81. The van der Waals surface area contributed by atoms with E-state index in [1.54, 1.807) is 31.4 Å². The molecule has 0 aliphatic carbocycles. The standard InChI is InChI=1S/C20H23ClN4O3/c1-28-18-6-5-16(11-17(18)21)24-19(26)7-4-14-3-2-10-25(13-14)20(27)15-8-9-22-23-12-15/h5-6,8-9,11-12,14H,2-4,7,10,13H2,1H3,(H,24,26)/t14-/m0/s1. The molecular formula is C20H23ClN4O3.